The van der Waals surface area contributed by atoms with Gasteiger partial charge in [0.15, 0.2) is 0 Å². The Morgan fingerprint density at radius 3 is 2.68 bits per heavy atom. The van der Waals surface area contributed by atoms with Gasteiger partial charge in [0.25, 0.3) is 0 Å². The number of amides is 1. The SMILES string of the molecule is C[C@@H]1CCCCN1[C@H](C)CNC(=O)C1(c2ccccc2)CCOCC1. The van der Waals surface area contributed by atoms with Crippen molar-refractivity contribution in [2.75, 3.05) is 26.3 Å². The maximum atomic E-state index is 13.2. The van der Waals surface area contributed by atoms with Crippen LogP contribution in [-0.2, 0) is 14.9 Å². The Bertz CT molecular complexity index is 554. The topological polar surface area (TPSA) is 41.6 Å². The fraction of sp³-hybridized carbons (Fsp3) is 0.667. The molecule has 0 saturated carbocycles. The van der Waals surface area contributed by atoms with E-state index >= 15 is 0 Å². The van der Waals surface area contributed by atoms with E-state index in [1.807, 2.05) is 18.2 Å². The van der Waals surface area contributed by atoms with E-state index in [-0.39, 0.29) is 5.91 Å². The third-order valence-corrected chi connectivity index (χ3v) is 6.09. The Morgan fingerprint density at radius 2 is 2.00 bits per heavy atom. The Kier molecular flexibility index (Phi) is 6.13. The number of rotatable bonds is 5. The van der Waals surface area contributed by atoms with Crippen LogP contribution in [0.5, 0.6) is 0 Å². The van der Waals surface area contributed by atoms with Gasteiger partial charge in [-0.15, -0.1) is 0 Å². The average molecular weight is 344 g/mol. The fourth-order valence-electron chi connectivity index (χ4n) is 4.43. The molecule has 1 amide bonds. The molecule has 4 nitrogen and oxygen atoms in total. The minimum absolute atomic E-state index is 0.165. The van der Waals surface area contributed by atoms with Crippen molar-refractivity contribution in [1.82, 2.24) is 10.2 Å². The molecule has 2 atom stereocenters. The summed E-state index contributed by atoms with van der Waals surface area (Å²) in [5.41, 5.74) is 0.682. The monoisotopic (exact) mass is 344 g/mol. The van der Waals surface area contributed by atoms with Crippen molar-refractivity contribution in [2.24, 2.45) is 0 Å². The van der Waals surface area contributed by atoms with Gasteiger partial charge in [0, 0.05) is 31.8 Å². The first kappa shape index (κ1) is 18.4. The molecule has 0 unspecified atom stereocenters. The summed E-state index contributed by atoms with van der Waals surface area (Å²) in [5, 5.41) is 3.27. The molecule has 4 heteroatoms. The number of benzene rings is 1. The molecule has 1 N–H and O–H groups in total. The van der Waals surface area contributed by atoms with Crippen LogP contribution in [0.4, 0.5) is 0 Å². The van der Waals surface area contributed by atoms with Gasteiger partial charge in [0.1, 0.15) is 0 Å². The third kappa shape index (κ3) is 4.06. The number of likely N-dealkylation sites (tertiary alicyclic amines) is 1. The van der Waals surface area contributed by atoms with Crippen molar-refractivity contribution in [2.45, 2.75) is 63.5 Å². The van der Waals surface area contributed by atoms with E-state index < -0.39 is 5.41 Å². The lowest BCUT2D eigenvalue weighted by molar-refractivity contribution is -0.130. The van der Waals surface area contributed by atoms with E-state index in [2.05, 4.69) is 36.2 Å². The van der Waals surface area contributed by atoms with E-state index in [0.717, 1.165) is 31.5 Å². The zero-order valence-corrected chi connectivity index (χ0v) is 15.7. The number of nitrogens with one attached hydrogen (secondary N) is 1. The number of carbonyl (C=O) groups is 1. The standard InChI is InChI=1S/C21H32N2O2/c1-17-8-6-7-13-23(17)18(2)16-22-20(24)21(11-14-25-15-12-21)19-9-4-3-5-10-19/h3-5,9-10,17-18H,6-8,11-16H2,1-2H3,(H,22,24)/t17-,18-/m1/s1. The maximum Gasteiger partial charge on any atom is 0.230 e. The van der Waals surface area contributed by atoms with Gasteiger partial charge in [-0.1, -0.05) is 36.8 Å². The van der Waals surface area contributed by atoms with Gasteiger partial charge in [-0.25, -0.2) is 0 Å². The van der Waals surface area contributed by atoms with Crippen molar-refractivity contribution < 1.29 is 9.53 Å². The highest BCUT2D eigenvalue weighted by Crippen LogP contribution is 2.35. The molecule has 1 aromatic rings. The second kappa shape index (κ2) is 8.33. The average Bonchev–Trinajstić information content (AvgIpc) is 2.67. The summed E-state index contributed by atoms with van der Waals surface area (Å²) >= 11 is 0. The van der Waals surface area contributed by atoms with Crippen molar-refractivity contribution in [3.8, 4) is 0 Å². The lowest BCUT2D eigenvalue weighted by atomic mass is 9.73. The largest absolute Gasteiger partial charge is 0.381 e. The Labute approximate surface area is 151 Å². The van der Waals surface area contributed by atoms with Crippen LogP contribution < -0.4 is 5.32 Å². The zero-order chi connectivity index (χ0) is 17.7. The summed E-state index contributed by atoms with van der Waals surface area (Å²) in [4.78, 5) is 15.7. The number of carbonyl (C=O) groups excluding carboxylic acids is 1. The predicted molar refractivity (Wildman–Crippen MR) is 101 cm³/mol. The summed E-state index contributed by atoms with van der Waals surface area (Å²) in [6.45, 7) is 7.72. The van der Waals surface area contributed by atoms with Crippen molar-refractivity contribution in [3.05, 3.63) is 35.9 Å². The van der Waals surface area contributed by atoms with Crippen LogP contribution in [0.15, 0.2) is 30.3 Å². The molecule has 2 heterocycles. The molecule has 3 rings (SSSR count). The van der Waals surface area contributed by atoms with E-state index in [0.29, 0.717) is 25.3 Å². The van der Waals surface area contributed by atoms with E-state index in [1.54, 1.807) is 0 Å². The highest BCUT2D eigenvalue weighted by molar-refractivity contribution is 5.88. The summed E-state index contributed by atoms with van der Waals surface area (Å²) in [5.74, 6) is 0.165. The highest BCUT2D eigenvalue weighted by atomic mass is 16.5. The van der Waals surface area contributed by atoms with Gasteiger partial charge in [-0.2, -0.15) is 0 Å². The van der Waals surface area contributed by atoms with Crippen LogP contribution in [0.25, 0.3) is 0 Å². The Morgan fingerprint density at radius 1 is 1.28 bits per heavy atom. The molecule has 2 aliphatic heterocycles. The van der Waals surface area contributed by atoms with E-state index in [1.165, 1.54) is 19.3 Å². The first-order chi connectivity index (χ1) is 12.1. The summed E-state index contributed by atoms with van der Waals surface area (Å²) < 4.78 is 5.54. The van der Waals surface area contributed by atoms with Crippen LogP contribution in [0.2, 0.25) is 0 Å². The molecule has 0 bridgehead atoms. The van der Waals surface area contributed by atoms with Gasteiger partial charge in [-0.3, -0.25) is 9.69 Å². The Hall–Kier alpha value is -1.39. The molecular formula is C21H32N2O2. The second-order valence-electron chi connectivity index (χ2n) is 7.70. The number of nitrogens with zero attached hydrogens (tertiary/aromatic N) is 1. The van der Waals surface area contributed by atoms with Gasteiger partial charge in [-0.05, 0) is 51.6 Å². The molecule has 0 spiro atoms. The number of hydrogen-bond donors (Lipinski definition) is 1. The quantitative estimate of drug-likeness (QED) is 0.892. The number of piperidine rings is 1. The zero-order valence-electron chi connectivity index (χ0n) is 15.7. The summed E-state index contributed by atoms with van der Waals surface area (Å²) in [7, 11) is 0. The van der Waals surface area contributed by atoms with E-state index in [9.17, 15) is 4.79 Å². The molecule has 138 valence electrons. The third-order valence-electron chi connectivity index (χ3n) is 6.09. The number of ether oxygens (including phenoxy) is 1. The predicted octanol–water partition coefficient (Wildman–Crippen LogP) is 3.11. The molecular weight excluding hydrogens is 312 g/mol. The van der Waals surface area contributed by atoms with Crippen LogP contribution in [0, 0.1) is 0 Å². The smallest absolute Gasteiger partial charge is 0.230 e. The second-order valence-corrected chi connectivity index (χ2v) is 7.70. The van der Waals surface area contributed by atoms with Gasteiger partial charge in [0.2, 0.25) is 5.91 Å². The minimum atomic E-state index is -0.438. The maximum absolute atomic E-state index is 13.2. The molecule has 2 aliphatic rings. The molecule has 2 saturated heterocycles. The van der Waals surface area contributed by atoms with E-state index in [4.69, 9.17) is 4.74 Å². The molecule has 1 aromatic carbocycles. The first-order valence-electron chi connectivity index (χ1n) is 9.81. The molecule has 25 heavy (non-hydrogen) atoms. The van der Waals surface area contributed by atoms with Crippen molar-refractivity contribution in [1.29, 1.82) is 0 Å². The Balaban J connectivity index is 1.67. The van der Waals surface area contributed by atoms with Gasteiger partial charge in [0.05, 0.1) is 5.41 Å². The lowest BCUT2D eigenvalue weighted by Crippen LogP contribution is -2.53. The van der Waals surface area contributed by atoms with Crippen LogP contribution in [-0.4, -0.2) is 49.2 Å². The van der Waals surface area contributed by atoms with Crippen LogP contribution in [0.1, 0.15) is 51.5 Å². The van der Waals surface area contributed by atoms with Crippen molar-refractivity contribution >= 4 is 5.91 Å². The van der Waals surface area contributed by atoms with Crippen molar-refractivity contribution in [3.63, 3.8) is 0 Å². The number of hydrogen-bond acceptors (Lipinski definition) is 3. The van der Waals surface area contributed by atoms with Gasteiger partial charge >= 0.3 is 0 Å². The van der Waals surface area contributed by atoms with Gasteiger partial charge < -0.3 is 10.1 Å². The normalized spacial score (nSPS) is 25.3. The molecule has 0 aliphatic carbocycles. The van der Waals surface area contributed by atoms with Crippen LogP contribution >= 0.6 is 0 Å². The molecule has 2 fully saturated rings. The highest BCUT2D eigenvalue weighted by Gasteiger charge is 2.41. The summed E-state index contributed by atoms with van der Waals surface area (Å²) in [6.07, 6.45) is 5.39. The molecule has 0 radical (unpaired) electrons. The molecule has 0 aromatic heterocycles. The van der Waals surface area contributed by atoms with Crippen LogP contribution in [0.3, 0.4) is 0 Å². The first-order valence-corrected chi connectivity index (χ1v) is 9.81. The minimum Gasteiger partial charge on any atom is -0.381 e. The summed E-state index contributed by atoms with van der Waals surface area (Å²) in [6, 6.07) is 11.2. The fourth-order valence-corrected chi connectivity index (χ4v) is 4.43. The lowest BCUT2D eigenvalue weighted by Gasteiger charge is -2.40.